The van der Waals surface area contributed by atoms with Gasteiger partial charge in [0.25, 0.3) is 5.91 Å². The van der Waals surface area contributed by atoms with Crippen LogP contribution in [0.3, 0.4) is 0 Å². The molecule has 0 unspecified atom stereocenters. The Kier molecular flexibility index (Phi) is 3.55. The molecule has 1 N–H and O–H groups in total. The summed E-state index contributed by atoms with van der Waals surface area (Å²) < 4.78 is 0.912. The van der Waals surface area contributed by atoms with Gasteiger partial charge in [0.1, 0.15) is 5.69 Å². The quantitative estimate of drug-likeness (QED) is 0.730. The molecule has 0 aliphatic carbocycles. The fraction of sp³-hybridized carbons (Fsp3) is 0.118. The van der Waals surface area contributed by atoms with Crippen molar-refractivity contribution in [2.24, 2.45) is 0 Å². The van der Waals surface area contributed by atoms with Crippen LogP contribution in [0.25, 0.3) is 10.9 Å². The summed E-state index contributed by atoms with van der Waals surface area (Å²) in [6, 6.07) is 15.7. The Labute approximate surface area is 131 Å². The molecule has 21 heavy (non-hydrogen) atoms. The highest BCUT2D eigenvalue weighted by Gasteiger charge is 2.17. The molecule has 0 saturated carbocycles. The minimum absolute atomic E-state index is 0.0595. The van der Waals surface area contributed by atoms with E-state index < -0.39 is 0 Å². The van der Waals surface area contributed by atoms with Crippen LogP contribution in [0.15, 0.2) is 53.0 Å². The van der Waals surface area contributed by atoms with E-state index in [1.54, 1.807) is 11.9 Å². The number of nitrogens with zero attached hydrogens (tertiary/aromatic N) is 1. The Balaban J connectivity index is 1.97. The maximum absolute atomic E-state index is 12.6. The number of aromatic amines is 1. The molecule has 2 aromatic carbocycles. The summed E-state index contributed by atoms with van der Waals surface area (Å²) in [4.78, 5) is 17.4. The minimum Gasteiger partial charge on any atom is -0.351 e. The van der Waals surface area contributed by atoms with E-state index in [-0.39, 0.29) is 5.91 Å². The number of fused-ring (bicyclic) bond motifs is 1. The fourth-order valence-electron chi connectivity index (χ4n) is 2.36. The predicted octanol–water partition coefficient (Wildman–Crippen LogP) is 4.52. The molecule has 106 valence electrons. The molecule has 3 nitrogen and oxygen atoms in total. The van der Waals surface area contributed by atoms with E-state index in [1.807, 2.05) is 55.5 Å². The standard InChI is InChI=1S/C17H15BrN2O/c1-11-7-8-16(13(18)9-11)20(2)17(21)15-10-12-5-3-4-6-14(12)19-15/h3-10,19H,1-2H3. The lowest BCUT2D eigenvalue weighted by Gasteiger charge is -2.18. The summed E-state index contributed by atoms with van der Waals surface area (Å²) >= 11 is 3.52. The average Bonchev–Trinajstić information content (AvgIpc) is 2.89. The van der Waals surface area contributed by atoms with Gasteiger partial charge in [0, 0.05) is 22.4 Å². The third-order valence-electron chi connectivity index (χ3n) is 3.53. The monoisotopic (exact) mass is 342 g/mol. The SMILES string of the molecule is Cc1ccc(N(C)C(=O)c2cc3ccccc3[nH]2)c(Br)c1. The van der Waals surface area contributed by atoms with Gasteiger partial charge in [-0.15, -0.1) is 0 Å². The summed E-state index contributed by atoms with van der Waals surface area (Å²) in [5, 5.41) is 1.04. The Morgan fingerprint density at radius 1 is 1.14 bits per heavy atom. The molecule has 3 rings (SSSR count). The molecule has 4 heteroatoms. The molecule has 0 fully saturated rings. The third-order valence-corrected chi connectivity index (χ3v) is 4.16. The minimum atomic E-state index is -0.0595. The van der Waals surface area contributed by atoms with Crippen molar-refractivity contribution in [1.82, 2.24) is 4.98 Å². The number of amides is 1. The first-order valence-electron chi connectivity index (χ1n) is 6.68. The van der Waals surface area contributed by atoms with Gasteiger partial charge in [0.15, 0.2) is 0 Å². The van der Waals surface area contributed by atoms with Crippen molar-refractivity contribution in [3.8, 4) is 0 Å². The molecule has 0 atom stereocenters. The molecular formula is C17H15BrN2O. The number of H-pyrrole nitrogens is 1. The molecule has 3 aromatic rings. The van der Waals surface area contributed by atoms with Crippen LogP contribution in [0.2, 0.25) is 0 Å². The van der Waals surface area contributed by atoms with Gasteiger partial charge in [-0.25, -0.2) is 0 Å². The van der Waals surface area contributed by atoms with E-state index in [0.29, 0.717) is 5.69 Å². The lowest BCUT2D eigenvalue weighted by molar-refractivity contribution is 0.0989. The van der Waals surface area contributed by atoms with Crippen molar-refractivity contribution in [2.75, 3.05) is 11.9 Å². The Hall–Kier alpha value is -2.07. The van der Waals surface area contributed by atoms with Gasteiger partial charge >= 0.3 is 0 Å². The van der Waals surface area contributed by atoms with E-state index in [9.17, 15) is 4.79 Å². The summed E-state index contributed by atoms with van der Waals surface area (Å²) in [6.07, 6.45) is 0. The van der Waals surface area contributed by atoms with E-state index in [1.165, 1.54) is 0 Å². The molecule has 1 heterocycles. The van der Waals surface area contributed by atoms with Crippen molar-refractivity contribution in [3.63, 3.8) is 0 Å². The molecule has 0 aliphatic rings. The van der Waals surface area contributed by atoms with Crippen molar-refractivity contribution < 1.29 is 4.79 Å². The van der Waals surface area contributed by atoms with E-state index in [4.69, 9.17) is 0 Å². The smallest absolute Gasteiger partial charge is 0.274 e. The summed E-state index contributed by atoms with van der Waals surface area (Å²) in [5.74, 6) is -0.0595. The molecule has 0 saturated heterocycles. The normalized spacial score (nSPS) is 10.8. The molecular weight excluding hydrogens is 328 g/mol. The number of benzene rings is 2. The van der Waals surface area contributed by atoms with Gasteiger partial charge in [-0.2, -0.15) is 0 Å². The Morgan fingerprint density at radius 3 is 2.62 bits per heavy atom. The number of carbonyl (C=O) groups excluding carboxylic acids is 1. The molecule has 0 spiro atoms. The largest absolute Gasteiger partial charge is 0.351 e. The topological polar surface area (TPSA) is 36.1 Å². The molecule has 0 aliphatic heterocycles. The number of anilines is 1. The lowest BCUT2D eigenvalue weighted by Crippen LogP contribution is -2.26. The Bertz CT molecular complexity index is 790. The lowest BCUT2D eigenvalue weighted by atomic mass is 10.2. The fourth-order valence-corrected chi connectivity index (χ4v) is 3.12. The second-order valence-electron chi connectivity index (χ2n) is 5.09. The summed E-state index contributed by atoms with van der Waals surface area (Å²) in [5.41, 5.74) is 3.56. The van der Waals surface area contributed by atoms with Gasteiger partial charge in [0.05, 0.1) is 5.69 Å². The van der Waals surface area contributed by atoms with Crippen LogP contribution in [0.1, 0.15) is 16.1 Å². The average molecular weight is 343 g/mol. The second-order valence-corrected chi connectivity index (χ2v) is 5.94. The number of hydrogen-bond donors (Lipinski definition) is 1. The van der Waals surface area contributed by atoms with E-state index in [2.05, 4.69) is 20.9 Å². The number of carbonyl (C=O) groups is 1. The zero-order chi connectivity index (χ0) is 15.0. The van der Waals surface area contributed by atoms with Crippen LogP contribution in [-0.2, 0) is 0 Å². The maximum atomic E-state index is 12.6. The zero-order valence-electron chi connectivity index (χ0n) is 11.9. The highest BCUT2D eigenvalue weighted by Crippen LogP contribution is 2.28. The van der Waals surface area contributed by atoms with Crippen LogP contribution >= 0.6 is 15.9 Å². The molecule has 1 aromatic heterocycles. The summed E-state index contributed by atoms with van der Waals surface area (Å²) in [7, 11) is 1.78. The number of halogens is 1. The van der Waals surface area contributed by atoms with Crippen LogP contribution in [-0.4, -0.2) is 17.9 Å². The highest BCUT2D eigenvalue weighted by atomic mass is 79.9. The summed E-state index contributed by atoms with van der Waals surface area (Å²) in [6.45, 7) is 2.02. The first-order valence-corrected chi connectivity index (χ1v) is 7.47. The highest BCUT2D eigenvalue weighted by molar-refractivity contribution is 9.10. The molecule has 0 bridgehead atoms. The van der Waals surface area contributed by atoms with Crippen molar-refractivity contribution >= 4 is 38.4 Å². The first-order chi connectivity index (χ1) is 10.1. The maximum Gasteiger partial charge on any atom is 0.274 e. The number of rotatable bonds is 2. The zero-order valence-corrected chi connectivity index (χ0v) is 13.4. The van der Waals surface area contributed by atoms with Crippen LogP contribution in [0.5, 0.6) is 0 Å². The van der Waals surface area contributed by atoms with E-state index >= 15 is 0 Å². The third kappa shape index (κ3) is 2.59. The first kappa shape index (κ1) is 13.9. The van der Waals surface area contributed by atoms with Crippen LogP contribution in [0.4, 0.5) is 5.69 Å². The number of nitrogens with one attached hydrogen (secondary N) is 1. The van der Waals surface area contributed by atoms with Gasteiger partial charge in [-0.05, 0) is 52.7 Å². The van der Waals surface area contributed by atoms with Crippen molar-refractivity contribution in [1.29, 1.82) is 0 Å². The van der Waals surface area contributed by atoms with Crippen molar-refractivity contribution in [3.05, 3.63) is 64.3 Å². The molecule has 0 radical (unpaired) electrons. The number of aryl methyl sites for hydroxylation is 1. The van der Waals surface area contributed by atoms with E-state index in [0.717, 1.165) is 26.6 Å². The molecule has 1 amide bonds. The Morgan fingerprint density at radius 2 is 1.90 bits per heavy atom. The van der Waals surface area contributed by atoms with Crippen LogP contribution < -0.4 is 4.90 Å². The number of aromatic nitrogens is 1. The van der Waals surface area contributed by atoms with Gasteiger partial charge in [0.2, 0.25) is 0 Å². The predicted molar refractivity (Wildman–Crippen MR) is 89.9 cm³/mol. The second kappa shape index (κ2) is 5.37. The number of hydrogen-bond acceptors (Lipinski definition) is 1. The van der Waals surface area contributed by atoms with Crippen molar-refractivity contribution in [2.45, 2.75) is 6.92 Å². The van der Waals surface area contributed by atoms with Gasteiger partial charge < -0.3 is 9.88 Å². The van der Waals surface area contributed by atoms with Gasteiger partial charge in [-0.1, -0.05) is 24.3 Å². The number of para-hydroxylation sites is 1. The van der Waals surface area contributed by atoms with Crippen LogP contribution in [0, 0.1) is 6.92 Å². The van der Waals surface area contributed by atoms with Gasteiger partial charge in [-0.3, -0.25) is 4.79 Å².